The summed E-state index contributed by atoms with van der Waals surface area (Å²) in [5, 5.41) is 13.9. The van der Waals surface area contributed by atoms with Crippen LogP contribution in [0.2, 0.25) is 5.02 Å². The van der Waals surface area contributed by atoms with Gasteiger partial charge in [-0.25, -0.2) is 0 Å². The van der Waals surface area contributed by atoms with E-state index in [0.29, 0.717) is 42.6 Å². The summed E-state index contributed by atoms with van der Waals surface area (Å²) < 4.78 is 5.77. The molecule has 0 unspecified atom stereocenters. The van der Waals surface area contributed by atoms with Crippen LogP contribution in [0.25, 0.3) is 0 Å². The molecule has 0 radical (unpaired) electrons. The number of phenols is 1. The number of likely N-dealkylation sites (N-methyl/N-ethyl adjacent to an activating group) is 1. The first kappa shape index (κ1) is 23.7. The van der Waals surface area contributed by atoms with E-state index in [4.69, 9.17) is 16.0 Å². The summed E-state index contributed by atoms with van der Waals surface area (Å²) in [6.45, 7) is 13.3. The number of nitrogens with one attached hydrogen (secondary N) is 1. The van der Waals surface area contributed by atoms with E-state index in [0.717, 1.165) is 5.56 Å². The number of carbonyl (C=O) groups excluding carboxylic acids is 2. The number of anilines is 1. The number of furan rings is 1. The summed E-state index contributed by atoms with van der Waals surface area (Å²) in [6, 6.07) is 6.71. The van der Waals surface area contributed by atoms with Gasteiger partial charge in [-0.15, -0.1) is 0 Å². The number of halogens is 1. The van der Waals surface area contributed by atoms with Gasteiger partial charge in [-0.05, 0) is 42.2 Å². The highest BCUT2D eigenvalue weighted by molar-refractivity contribution is 6.31. The molecule has 1 saturated heterocycles. The Morgan fingerprint density at radius 1 is 1.34 bits per heavy atom. The zero-order valence-corrected chi connectivity index (χ0v) is 19.7. The Labute approximate surface area is 193 Å². The number of carbonyl (C=O) groups is 2. The van der Waals surface area contributed by atoms with Gasteiger partial charge in [0.1, 0.15) is 11.5 Å². The van der Waals surface area contributed by atoms with E-state index in [9.17, 15) is 14.7 Å². The number of nitrogens with zero attached hydrogens (tertiary/aromatic N) is 2. The van der Waals surface area contributed by atoms with Crippen LogP contribution in [0, 0.1) is 0 Å². The van der Waals surface area contributed by atoms with E-state index < -0.39 is 0 Å². The van der Waals surface area contributed by atoms with Gasteiger partial charge in [-0.1, -0.05) is 39.0 Å². The fourth-order valence-corrected chi connectivity index (χ4v) is 4.16. The molecular formula is C24H30ClN3O4. The predicted molar refractivity (Wildman–Crippen MR) is 125 cm³/mol. The van der Waals surface area contributed by atoms with Gasteiger partial charge < -0.3 is 24.6 Å². The molecule has 1 fully saturated rings. The third kappa shape index (κ3) is 4.93. The van der Waals surface area contributed by atoms with Gasteiger partial charge in [0.15, 0.2) is 5.76 Å². The first-order chi connectivity index (χ1) is 15.0. The van der Waals surface area contributed by atoms with Gasteiger partial charge >= 0.3 is 0 Å². The van der Waals surface area contributed by atoms with Crippen molar-refractivity contribution >= 4 is 29.1 Å². The highest BCUT2D eigenvalue weighted by atomic mass is 35.5. The predicted octanol–water partition coefficient (Wildman–Crippen LogP) is 4.41. The largest absolute Gasteiger partial charge is 0.506 e. The second-order valence-electron chi connectivity index (χ2n) is 8.91. The quantitative estimate of drug-likeness (QED) is 0.473. The summed E-state index contributed by atoms with van der Waals surface area (Å²) in [5.74, 6) is 0.516. The lowest BCUT2D eigenvalue weighted by atomic mass is 9.86. The molecule has 32 heavy (non-hydrogen) atoms. The molecule has 7 nitrogen and oxygen atoms in total. The molecule has 172 valence electrons. The van der Waals surface area contributed by atoms with Crippen molar-refractivity contribution in [2.24, 2.45) is 0 Å². The number of phenolic OH excluding ortho intramolecular Hbond substituents is 1. The Kier molecular flexibility index (Phi) is 6.88. The van der Waals surface area contributed by atoms with Crippen LogP contribution in [0.5, 0.6) is 5.75 Å². The molecule has 2 amide bonds. The van der Waals surface area contributed by atoms with Crippen LogP contribution in [0.1, 0.15) is 49.6 Å². The third-order valence-corrected chi connectivity index (χ3v) is 5.92. The van der Waals surface area contributed by atoms with E-state index in [1.165, 1.54) is 12.1 Å². The van der Waals surface area contributed by atoms with Gasteiger partial charge in [0.2, 0.25) is 5.91 Å². The Balaban J connectivity index is 1.65. The molecule has 0 aliphatic carbocycles. The smallest absolute Gasteiger partial charge is 0.289 e. The van der Waals surface area contributed by atoms with Crippen molar-refractivity contribution in [3.63, 3.8) is 0 Å². The molecule has 1 aromatic carbocycles. The average molecular weight is 460 g/mol. The molecule has 1 aliphatic heterocycles. The lowest BCUT2D eigenvalue weighted by Crippen LogP contribution is -2.62. The molecule has 2 N–H and O–H groups in total. The summed E-state index contributed by atoms with van der Waals surface area (Å²) in [7, 11) is 0. The average Bonchev–Trinajstić information content (AvgIpc) is 3.16. The zero-order valence-electron chi connectivity index (χ0n) is 18.9. The molecule has 0 saturated carbocycles. The van der Waals surface area contributed by atoms with E-state index in [1.807, 2.05) is 33.8 Å². The normalized spacial score (nSPS) is 14.1. The van der Waals surface area contributed by atoms with Crippen molar-refractivity contribution in [2.75, 3.05) is 25.0 Å². The monoisotopic (exact) mass is 459 g/mol. The maximum absolute atomic E-state index is 12.9. The van der Waals surface area contributed by atoms with Crippen LogP contribution in [-0.4, -0.2) is 52.4 Å². The highest BCUT2D eigenvalue weighted by Crippen LogP contribution is 2.37. The first-order valence-corrected chi connectivity index (χ1v) is 11.0. The van der Waals surface area contributed by atoms with Crippen molar-refractivity contribution in [3.05, 3.63) is 59.0 Å². The number of aromatic hydroxyl groups is 1. The summed E-state index contributed by atoms with van der Waals surface area (Å²) in [5.41, 5.74) is 1.28. The maximum atomic E-state index is 12.9. The Bertz CT molecular complexity index is 1020. The van der Waals surface area contributed by atoms with Gasteiger partial charge in [-0.2, -0.15) is 0 Å². The second kappa shape index (κ2) is 9.28. The van der Waals surface area contributed by atoms with Crippen LogP contribution in [0.4, 0.5) is 5.69 Å². The number of amides is 2. The minimum Gasteiger partial charge on any atom is -0.506 e. The number of hydrogen-bond donors (Lipinski definition) is 2. The molecule has 0 bridgehead atoms. The topological polar surface area (TPSA) is 86.0 Å². The molecule has 8 heteroatoms. The number of rotatable bonds is 7. The Hall–Kier alpha value is -2.93. The van der Waals surface area contributed by atoms with Crippen molar-refractivity contribution in [1.29, 1.82) is 0 Å². The minimum absolute atomic E-state index is 0.0371. The first-order valence-electron chi connectivity index (χ1n) is 10.6. The zero-order chi connectivity index (χ0) is 23.6. The van der Waals surface area contributed by atoms with E-state index in [1.54, 1.807) is 21.9 Å². The second-order valence-corrected chi connectivity index (χ2v) is 9.32. The summed E-state index contributed by atoms with van der Waals surface area (Å²) >= 11 is 6.29. The van der Waals surface area contributed by atoms with Crippen LogP contribution < -0.4 is 5.32 Å². The molecule has 0 spiro atoms. The number of hydrogen-bond acceptors (Lipinski definition) is 5. The van der Waals surface area contributed by atoms with Crippen molar-refractivity contribution in [1.82, 2.24) is 9.80 Å². The van der Waals surface area contributed by atoms with Gasteiger partial charge in [0.05, 0.1) is 18.3 Å². The number of benzene rings is 1. The van der Waals surface area contributed by atoms with Crippen LogP contribution in [-0.2, 0) is 16.8 Å². The minimum atomic E-state index is -0.209. The molecular weight excluding hydrogens is 430 g/mol. The molecule has 1 aromatic heterocycles. The lowest BCUT2D eigenvalue weighted by Gasteiger charge is -2.44. The van der Waals surface area contributed by atoms with Crippen LogP contribution >= 0.6 is 11.6 Å². The fourth-order valence-electron chi connectivity index (χ4n) is 3.72. The van der Waals surface area contributed by atoms with Crippen molar-refractivity contribution in [2.45, 2.75) is 45.7 Å². The maximum Gasteiger partial charge on any atom is 0.289 e. The molecule has 3 rings (SSSR count). The molecule has 2 aromatic rings. The standard InChI is InChI=1S/C24H30ClN3O4/c1-6-22(30)27-13-15(14-27)28(7-2)23(31)21-9-8-16(32-21)12-26-19-10-17(24(3,4)5)18(25)11-20(19)29/h6,8-11,15,26,29H,1,7,12-14H2,2-5H3. The Morgan fingerprint density at radius 3 is 2.62 bits per heavy atom. The number of likely N-dealkylation sites (tertiary alicyclic amines) is 1. The summed E-state index contributed by atoms with van der Waals surface area (Å²) in [6.07, 6.45) is 1.28. The summed E-state index contributed by atoms with van der Waals surface area (Å²) in [4.78, 5) is 27.9. The van der Waals surface area contributed by atoms with Crippen LogP contribution in [0.15, 0.2) is 41.3 Å². The van der Waals surface area contributed by atoms with Gasteiger partial charge in [0, 0.05) is 30.7 Å². The van der Waals surface area contributed by atoms with Crippen LogP contribution in [0.3, 0.4) is 0 Å². The highest BCUT2D eigenvalue weighted by Gasteiger charge is 2.36. The molecule has 1 aliphatic rings. The van der Waals surface area contributed by atoms with E-state index in [-0.39, 0.29) is 34.8 Å². The fraction of sp³-hybridized carbons (Fsp3) is 0.417. The molecule has 0 atom stereocenters. The van der Waals surface area contributed by atoms with Gasteiger partial charge in [-0.3, -0.25) is 9.59 Å². The molecule has 2 heterocycles. The van der Waals surface area contributed by atoms with Crippen molar-refractivity contribution in [3.8, 4) is 5.75 Å². The van der Waals surface area contributed by atoms with E-state index >= 15 is 0 Å². The van der Waals surface area contributed by atoms with Crippen molar-refractivity contribution < 1.29 is 19.1 Å². The third-order valence-electron chi connectivity index (χ3n) is 5.61. The van der Waals surface area contributed by atoms with E-state index in [2.05, 4.69) is 11.9 Å². The SMILES string of the molecule is C=CC(=O)N1CC(N(CC)C(=O)c2ccc(CNc3cc(C(C)(C)C)c(Cl)cc3O)o2)C1. The lowest BCUT2D eigenvalue weighted by molar-refractivity contribution is -0.132. The Morgan fingerprint density at radius 2 is 2.03 bits per heavy atom. The van der Waals surface area contributed by atoms with Gasteiger partial charge in [0.25, 0.3) is 5.91 Å².